The molecule has 2 aromatic rings. The average Bonchev–Trinajstić information content (AvgIpc) is 2.96. The van der Waals surface area contributed by atoms with E-state index in [0.29, 0.717) is 12.4 Å². The lowest BCUT2D eigenvalue weighted by molar-refractivity contribution is 0.563. The maximum absolute atomic E-state index is 5.68. The molecule has 0 N–H and O–H groups in total. The summed E-state index contributed by atoms with van der Waals surface area (Å²) in [4.78, 5) is 0. The molecule has 0 amide bonds. The predicted octanol–water partition coefficient (Wildman–Crippen LogP) is 2.79. The van der Waals surface area contributed by atoms with Gasteiger partial charge < -0.3 is 0 Å². The molecule has 2 heterocycles. The molecule has 2 aromatic heterocycles. The second-order valence-electron chi connectivity index (χ2n) is 4.36. The fraction of sp³-hybridized carbons (Fsp3) is 0.583. The minimum atomic E-state index is 0.653. The molecule has 0 spiro atoms. The highest BCUT2D eigenvalue weighted by atomic mass is 79.9. The molecule has 104 valence electrons. The molecule has 2 rings (SSSR count). The summed E-state index contributed by atoms with van der Waals surface area (Å²) in [5.41, 5.74) is 3.10. The van der Waals surface area contributed by atoms with Crippen molar-refractivity contribution in [2.75, 3.05) is 5.88 Å². The van der Waals surface area contributed by atoms with Crippen molar-refractivity contribution in [1.82, 2.24) is 24.8 Å². The summed E-state index contributed by atoms with van der Waals surface area (Å²) in [5, 5.41) is 12.8. The van der Waals surface area contributed by atoms with Gasteiger partial charge in [0.15, 0.2) is 0 Å². The van der Waals surface area contributed by atoms with E-state index in [2.05, 4.69) is 38.3 Å². The molecule has 0 saturated carbocycles. The minimum absolute atomic E-state index is 0.653. The highest BCUT2D eigenvalue weighted by molar-refractivity contribution is 9.10. The number of aryl methyl sites for hydroxylation is 3. The van der Waals surface area contributed by atoms with Crippen LogP contribution in [0.5, 0.6) is 0 Å². The SMILES string of the molecule is CCn1nc(C)c(Br)c1Cn1cc(CCCCl)nn1. The molecule has 0 atom stereocenters. The Kier molecular flexibility index (Phi) is 4.99. The molecule has 0 aliphatic carbocycles. The van der Waals surface area contributed by atoms with Gasteiger partial charge in [0.2, 0.25) is 0 Å². The van der Waals surface area contributed by atoms with Crippen LogP contribution in [0.4, 0.5) is 0 Å². The van der Waals surface area contributed by atoms with Crippen molar-refractivity contribution >= 4 is 27.5 Å². The molecular weight excluding hydrogens is 330 g/mol. The van der Waals surface area contributed by atoms with Gasteiger partial charge >= 0.3 is 0 Å². The van der Waals surface area contributed by atoms with E-state index in [-0.39, 0.29) is 0 Å². The van der Waals surface area contributed by atoms with E-state index in [4.69, 9.17) is 11.6 Å². The molecule has 0 aliphatic heterocycles. The molecule has 0 radical (unpaired) electrons. The third kappa shape index (κ3) is 3.36. The molecule has 0 bridgehead atoms. The average molecular weight is 347 g/mol. The molecule has 0 aromatic carbocycles. The Morgan fingerprint density at radius 3 is 2.89 bits per heavy atom. The number of rotatable bonds is 6. The number of hydrogen-bond donors (Lipinski definition) is 0. The Hall–Kier alpha value is -0.880. The van der Waals surface area contributed by atoms with Crippen LogP contribution < -0.4 is 0 Å². The van der Waals surface area contributed by atoms with Gasteiger partial charge in [-0.25, -0.2) is 4.68 Å². The standard InChI is InChI=1S/C12H17BrClN5/c1-3-19-11(12(13)9(2)16-19)8-18-7-10(15-17-18)5-4-6-14/h7H,3-6,8H2,1-2H3. The first-order valence-electron chi connectivity index (χ1n) is 6.32. The van der Waals surface area contributed by atoms with E-state index in [0.717, 1.165) is 40.9 Å². The molecule has 7 heteroatoms. The molecule has 0 saturated heterocycles. The highest BCUT2D eigenvalue weighted by Gasteiger charge is 2.13. The van der Waals surface area contributed by atoms with E-state index in [1.807, 2.05) is 22.5 Å². The number of alkyl halides is 1. The Morgan fingerprint density at radius 2 is 2.21 bits per heavy atom. The lowest BCUT2D eigenvalue weighted by Gasteiger charge is -2.04. The smallest absolute Gasteiger partial charge is 0.0857 e. The maximum Gasteiger partial charge on any atom is 0.0857 e. The summed E-state index contributed by atoms with van der Waals surface area (Å²) in [6.45, 7) is 5.58. The fourth-order valence-corrected chi connectivity index (χ4v) is 2.49. The van der Waals surface area contributed by atoms with Crippen molar-refractivity contribution < 1.29 is 0 Å². The van der Waals surface area contributed by atoms with E-state index < -0.39 is 0 Å². The second kappa shape index (κ2) is 6.52. The lowest BCUT2D eigenvalue weighted by Crippen LogP contribution is -2.09. The van der Waals surface area contributed by atoms with Gasteiger partial charge in [-0.05, 0) is 42.6 Å². The summed E-state index contributed by atoms with van der Waals surface area (Å²) in [6.07, 6.45) is 3.77. The molecule has 0 aliphatic rings. The van der Waals surface area contributed by atoms with Crippen LogP contribution >= 0.6 is 27.5 Å². The third-order valence-corrected chi connectivity index (χ3v) is 4.22. The number of hydrogen-bond acceptors (Lipinski definition) is 3. The molecule has 0 unspecified atom stereocenters. The first-order valence-corrected chi connectivity index (χ1v) is 7.65. The Morgan fingerprint density at radius 1 is 1.42 bits per heavy atom. The highest BCUT2D eigenvalue weighted by Crippen LogP contribution is 2.21. The first kappa shape index (κ1) is 14.5. The van der Waals surface area contributed by atoms with Gasteiger partial charge in [-0.2, -0.15) is 5.10 Å². The molecule has 19 heavy (non-hydrogen) atoms. The zero-order chi connectivity index (χ0) is 13.8. The largest absolute Gasteiger partial charge is 0.267 e. The van der Waals surface area contributed by atoms with Gasteiger partial charge in [-0.1, -0.05) is 5.21 Å². The van der Waals surface area contributed by atoms with Crippen LogP contribution in [0.1, 0.15) is 30.4 Å². The summed E-state index contributed by atoms with van der Waals surface area (Å²) >= 11 is 9.26. The minimum Gasteiger partial charge on any atom is -0.267 e. The van der Waals surface area contributed by atoms with Gasteiger partial charge in [-0.15, -0.1) is 16.7 Å². The van der Waals surface area contributed by atoms with Crippen molar-refractivity contribution in [3.63, 3.8) is 0 Å². The predicted molar refractivity (Wildman–Crippen MR) is 78.5 cm³/mol. The summed E-state index contributed by atoms with van der Waals surface area (Å²) < 4.78 is 4.88. The molecule has 5 nitrogen and oxygen atoms in total. The van der Waals surface area contributed by atoms with Crippen molar-refractivity contribution in [1.29, 1.82) is 0 Å². The zero-order valence-corrected chi connectivity index (χ0v) is 13.4. The van der Waals surface area contributed by atoms with Crippen LogP contribution in [-0.4, -0.2) is 30.7 Å². The van der Waals surface area contributed by atoms with Crippen molar-refractivity contribution in [3.05, 3.63) is 27.8 Å². The normalized spacial score (nSPS) is 11.2. The number of halogens is 2. The van der Waals surface area contributed by atoms with E-state index in [1.165, 1.54) is 0 Å². The van der Waals surface area contributed by atoms with Crippen molar-refractivity contribution in [2.45, 2.75) is 39.8 Å². The van der Waals surface area contributed by atoms with E-state index in [9.17, 15) is 0 Å². The van der Waals surface area contributed by atoms with Crippen molar-refractivity contribution in [3.8, 4) is 0 Å². The van der Waals surface area contributed by atoms with Gasteiger partial charge in [0.1, 0.15) is 0 Å². The lowest BCUT2D eigenvalue weighted by atomic mass is 10.3. The monoisotopic (exact) mass is 345 g/mol. The van der Waals surface area contributed by atoms with Crippen molar-refractivity contribution in [2.24, 2.45) is 0 Å². The van der Waals surface area contributed by atoms with E-state index >= 15 is 0 Å². The van der Waals surface area contributed by atoms with Gasteiger partial charge in [-0.3, -0.25) is 4.68 Å². The summed E-state index contributed by atoms with van der Waals surface area (Å²) in [6, 6.07) is 0. The van der Waals surface area contributed by atoms with Gasteiger partial charge in [0, 0.05) is 18.6 Å². The van der Waals surface area contributed by atoms with Crippen LogP contribution in [0.15, 0.2) is 10.7 Å². The summed E-state index contributed by atoms with van der Waals surface area (Å²) in [5.74, 6) is 0.653. The van der Waals surface area contributed by atoms with Crippen LogP contribution in [0.25, 0.3) is 0 Å². The Balaban J connectivity index is 2.14. The molecular formula is C12H17BrClN5. The van der Waals surface area contributed by atoms with Gasteiger partial charge in [0.05, 0.1) is 28.1 Å². The fourth-order valence-electron chi connectivity index (χ4n) is 1.95. The Bertz CT molecular complexity index is 548. The Labute approximate surface area is 126 Å². The number of nitrogens with zero attached hydrogens (tertiary/aromatic N) is 5. The van der Waals surface area contributed by atoms with Crippen LogP contribution in [0.2, 0.25) is 0 Å². The molecule has 0 fully saturated rings. The van der Waals surface area contributed by atoms with Crippen LogP contribution in [0, 0.1) is 6.92 Å². The summed E-state index contributed by atoms with van der Waals surface area (Å²) in [7, 11) is 0. The zero-order valence-electron chi connectivity index (χ0n) is 11.1. The van der Waals surface area contributed by atoms with Gasteiger partial charge in [0.25, 0.3) is 0 Å². The van der Waals surface area contributed by atoms with E-state index in [1.54, 1.807) is 0 Å². The van der Waals surface area contributed by atoms with Crippen LogP contribution in [0.3, 0.4) is 0 Å². The quantitative estimate of drug-likeness (QED) is 0.756. The maximum atomic E-state index is 5.68. The third-order valence-electron chi connectivity index (χ3n) is 2.92. The van der Waals surface area contributed by atoms with Crippen LogP contribution in [-0.2, 0) is 19.5 Å². The topological polar surface area (TPSA) is 48.5 Å². The number of aromatic nitrogens is 5. The second-order valence-corrected chi connectivity index (χ2v) is 5.53. The first-order chi connectivity index (χ1) is 9.15.